The molecule has 5 nitrogen and oxygen atoms in total. The molecular weight excluding hydrogens is 276 g/mol. The summed E-state index contributed by atoms with van der Waals surface area (Å²) < 4.78 is 0. The molecule has 0 saturated heterocycles. The van der Waals surface area contributed by atoms with Gasteiger partial charge in [-0.25, -0.2) is 4.98 Å². The molecule has 1 N–H and O–H groups in total. The summed E-state index contributed by atoms with van der Waals surface area (Å²) in [5.74, 6) is 0.464. The number of amides is 1. The molecule has 0 aromatic carbocycles. The van der Waals surface area contributed by atoms with Crippen LogP contribution < -0.4 is 5.32 Å². The van der Waals surface area contributed by atoms with Crippen molar-refractivity contribution in [2.24, 2.45) is 0 Å². The van der Waals surface area contributed by atoms with Gasteiger partial charge in [-0.3, -0.25) is 4.79 Å². The molecule has 0 radical (unpaired) electrons. The molecule has 0 fully saturated rings. The molecular formula is C14H19ClN4O. The van der Waals surface area contributed by atoms with Gasteiger partial charge in [-0.15, -0.1) is 0 Å². The second-order valence-corrected chi connectivity index (χ2v) is 4.67. The van der Waals surface area contributed by atoms with Gasteiger partial charge in [0.2, 0.25) is 0 Å². The number of anilines is 1. The lowest BCUT2D eigenvalue weighted by molar-refractivity contribution is 0.0767. The lowest BCUT2D eigenvalue weighted by Crippen LogP contribution is -2.31. The van der Waals surface area contributed by atoms with E-state index in [0.29, 0.717) is 30.9 Å². The third kappa shape index (κ3) is 4.71. The van der Waals surface area contributed by atoms with Crippen molar-refractivity contribution in [3.8, 4) is 6.07 Å². The van der Waals surface area contributed by atoms with E-state index in [4.69, 9.17) is 16.9 Å². The predicted octanol–water partition coefficient (Wildman–Crippen LogP) is 2.93. The molecule has 0 saturated carbocycles. The molecule has 0 aliphatic heterocycles. The third-order valence-electron chi connectivity index (χ3n) is 2.76. The topological polar surface area (TPSA) is 69.0 Å². The highest BCUT2D eigenvalue weighted by atomic mass is 35.5. The molecule has 1 heterocycles. The first-order chi connectivity index (χ1) is 9.62. The number of aromatic nitrogens is 1. The van der Waals surface area contributed by atoms with Gasteiger partial charge in [0.15, 0.2) is 0 Å². The summed E-state index contributed by atoms with van der Waals surface area (Å²) in [5.41, 5.74) is 0.489. The Hall–Kier alpha value is -1.80. The Morgan fingerprint density at radius 3 is 2.85 bits per heavy atom. The summed E-state index contributed by atoms with van der Waals surface area (Å²) in [6.45, 7) is 5.67. The second kappa shape index (κ2) is 8.39. The van der Waals surface area contributed by atoms with Crippen molar-refractivity contribution < 1.29 is 4.79 Å². The van der Waals surface area contributed by atoms with Gasteiger partial charge in [0.1, 0.15) is 11.0 Å². The largest absolute Gasteiger partial charge is 0.370 e. The van der Waals surface area contributed by atoms with Gasteiger partial charge in [-0.1, -0.05) is 18.5 Å². The Bertz CT molecular complexity index is 498. The minimum absolute atomic E-state index is 0.133. The van der Waals surface area contributed by atoms with E-state index in [1.807, 2.05) is 19.9 Å². The Morgan fingerprint density at radius 1 is 1.50 bits per heavy atom. The van der Waals surface area contributed by atoms with Gasteiger partial charge in [-0.2, -0.15) is 5.26 Å². The summed E-state index contributed by atoms with van der Waals surface area (Å²) in [6.07, 6.45) is 1.28. The molecule has 0 spiro atoms. The molecule has 6 heteroatoms. The van der Waals surface area contributed by atoms with E-state index >= 15 is 0 Å². The van der Waals surface area contributed by atoms with Crippen molar-refractivity contribution in [2.75, 3.05) is 25.0 Å². The van der Waals surface area contributed by atoms with E-state index in [1.165, 1.54) is 0 Å². The fourth-order valence-corrected chi connectivity index (χ4v) is 1.94. The highest BCUT2D eigenvalue weighted by Gasteiger charge is 2.15. The Kier molecular flexibility index (Phi) is 6.82. The highest BCUT2D eigenvalue weighted by molar-refractivity contribution is 6.29. The first-order valence-corrected chi connectivity index (χ1v) is 7.07. The Morgan fingerprint density at radius 2 is 2.25 bits per heavy atom. The molecule has 1 aromatic heterocycles. The lowest BCUT2D eigenvalue weighted by atomic mass is 10.2. The van der Waals surface area contributed by atoms with Crippen molar-refractivity contribution in [1.82, 2.24) is 9.88 Å². The fourth-order valence-electron chi connectivity index (χ4n) is 1.73. The van der Waals surface area contributed by atoms with E-state index in [1.54, 1.807) is 17.0 Å². The normalized spacial score (nSPS) is 9.90. The molecule has 0 aliphatic carbocycles. The van der Waals surface area contributed by atoms with E-state index in [-0.39, 0.29) is 11.1 Å². The minimum Gasteiger partial charge on any atom is -0.370 e. The van der Waals surface area contributed by atoms with Crippen LogP contribution in [0.2, 0.25) is 5.15 Å². The fraction of sp³-hybridized carbons (Fsp3) is 0.500. The highest BCUT2D eigenvalue weighted by Crippen LogP contribution is 2.16. The number of pyridine rings is 1. The zero-order chi connectivity index (χ0) is 15.0. The predicted molar refractivity (Wildman–Crippen MR) is 79.8 cm³/mol. The van der Waals surface area contributed by atoms with E-state index < -0.39 is 0 Å². The molecule has 1 aromatic rings. The van der Waals surface area contributed by atoms with Crippen molar-refractivity contribution in [2.45, 2.75) is 26.7 Å². The summed E-state index contributed by atoms with van der Waals surface area (Å²) in [5, 5.41) is 12.0. The molecule has 20 heavy (non-hydrogen) atoms. The van der Waals surface area contributed by atoms with Crippen LogP contribution in [-0.2, 0) is 0 Å². The van der Waals surface area contributed by atoms with E-state index in [0.717, 1.165) is 13.0 Å². The number of nitriles is 1. The van der Waals surface area contributed by atoms with Crippen LogP contribution in [-0.4, -0.2) is 35.4 Å². The average molecular weight is 295 g/mol. The van der Waals surface area contributed by atoms with Crippen molar-refractivity contribution >= 4 is 23.3 Å². The number of carbonyl (C=O) groups is 1. The Labute approximate surface area is 124 Å². The maximum atomic E-state index is 12.4. The van der Waals surface area contributed by atoms with Gasteiger partial charge in [-0.05, 0) is 25.5 Å². The van der Waals surface area contributed by atoms with Gasteiger partial charge in [0.25, 0.3) is 5.91 Å². The lowest BCUT2D eigenvalue weighted by Gasteiger charge is -2.20. The van der Waals surface area contributed by atoms with Crippen molar-refractivity contribution in [3.63, 3.8) is 0 Å². The third-order valence-corrected chi connectivity index (χ3v) is 2.95. The zero-order valence-electron chi connectivity index (χ0n) is 11.8. The van der Waals surface area contributed by atoms with Gasteiger partial charge < -0.3 is 10.2 Å². The number of nitrogens with zero attached hydrogens (tertiary/aromatic N) is 3. The average Bonchev–Trinajstić information content (AvgIpc) is 2.45. The second-order valence-electron chi connectivity index (χ2n) is 4.28. The molecule has 1 amide bonds. The first kappa shape index (κ1) is 16.3. The molecule has 0 aliphatic rings. The van der Waals surface area contributed by atoms with Crippen LogP contribution in [0, 0.1) is 11.3 Å². The summed E-state index contributed by atoms with van der Waals surface area (Å²) in [4.78, 5) is 18.1. The smallest absolute Gasteiger partial charge is 0.254 e. The zero-order valence-corrected chi connectivity index (χ0v) is 12.6. The quantitative estimate of drug-likeness (QED) is 0.785. The monoisotopic (exact) mass is 294 g/mol. The summed E-state index contributed by atoms with van der Waals surface area (Å²) in [7, 11) is 0. The molecule has 1 rings (SSSR count). The first-order valence-electron chi connectivity index (χ1n) is 6.70. The van der Waals surface area contributed by atoms with Gasteiger partial charge >= 0.3 is 0 Å². The summed E-state index contributed by atoms with van der Waals surface area (Å²) in [6, 6.07) is 5.29. The van der Waals surface area contributed by atoms with Crippen LogP contribution in [0.15, 0.2) is 12.1 Å². The van der Waals surface area contributed by atoms with Gasteiger partial charge in [0.05, 0.1) is 12.5 Å². The number of hydrogen-bond donors (Lipinski definition) is 1. The number of halogens is 1. The molecule has 0 unspecified atom stereocenters. The van der Waals surface area contributed by atoms with Gasteiger partial charge in [0, 0.05) is 25.2 Å². The SMILES string of the molecule is CCCNc1cc(C(=O)N(CC)CCC#N)cc(Cl)n1. The van der Waals surface area contributed by atoms with Crippen LogP contribution in [0.4, 0.5) is 5.82 Å². The van der Waals surface area contributed by atoms with Crippen molar-refractivity contribution in [3.05, 3.63) is 22.8 Å². The maximum absolute atomic E-state index is 12.4. The number of nitrogens with one attached hydrogen (secondary N) is 1. The van der Waals surface area contributed by atoms with E-state index in [9.17, 15) is 4.79 Å². The standard InChI is InChI=1S/C14H19ClN4O/c1-3-7-17-13-10-11(9-12(15)18-13)14(20)19(4-2)8-5-6-16/h9-10H,3-5,7-8H2,1-2H3,(H,17,18). The van der Waals surface area contributed by atoms with Crippen LogP contribution in [0.1, 0.15) is 37.0 Å². The van der Waals surface area contributed by atoms with E-state index in [2.05, 4.69) is 10.3 Å². The molecule has 108 valence electrons. The number of hydrogen-bond acceptors (Lipinski definition) is 4. The Balaban J connectivity index is 2.90. The number of carbonyl (C=O) groups excluding carboxylic acids is 1. The van der Waals surface area contributed by atoms with Crippen LogP contribution in [0.25, 0.3) is 0 Å². The van der Waals surface area contributed by atoms with Crippen LogP contribution in [0.3, 0.4) is 0 Å². The van der Waals surface area contributed by atoms with Crippen LogP contribution in [0.5, 0.6) is 0 Å². The summed E-state index contributed by atoms with van der Waals surface area (Å²) >= 11 is 5.95. The van der Waals surface area contributed by atoms with Crippen molar-refractivity contribution in [1.29, 1.82) is 5.26 Å². The minimum atomic E-state index is -0.133. The molecule has 0 atom stereocenters. The maximum Gasteiger partial charge on any atom is 0.254 e. The molecule has 0 bridgehead atoms. The van der Waals surface area contributed by atoms with Crippen LogP contribution >= 0.6 is 11.6 Å². The number of rotatable bonds is 7.